The zero-order valence-corrected chi connectivity index (χ0v) is 24.9. The Kier molecular flexibility index (Phi) is 7.97. The minimum atomic E-state index is 0. The van der Waals surface area contributed by atoms with Gasteiger partial charge in [-0.1, -0.05) is 22.9 Å². The van der Waals surface area contributed by atoms with E-state index < -0.39 is 0 Å². The summed E-state index contributed by atoms with van der Waals surface area (Å²) >= 11 is 7.73. The number of pyridine rings is 1. The summed E-state index contributed by atoms with van der Waals surface area (Å²) in [6.45, 7) is 2.67. The van der Waals surface area contributed by atoms with E-state index in [4.69, 9.17) is 30.5 Å². The number of ether oxygens (including phenoxy) is 4. The van der Waals surface area contributed by atoms with Crippen LogP contribution in [0.4, 0.5) is 5.13 Å². The fraction of sp³-hybridized carbons (Fsp3) is 0.290. The van der Waals surface area contributed by atoms with Crippen LogP contribution in [0.25, 0.3) is 32.2 Å². The van der Waals surface area contributed by atoms with Crippen LogP contribution >= 0.6 is 22.9 Å². The van der Waals surface area contributed by atoms with Crippen molar-refractivity contribution in [1.82, 2.24) is 4.98 Å². The third kappa shape index (κ3) is 5.44. The maximum absolute atomic E-state index is 6.36. The molecule has 10 heteroatoms. The normalized spacial score (nSPS) is 13.0. The highest BCUT2D eigenvalue weighted by atomic mass is 35.5. The Morgan fingerprint density at radius 1 is 1.05 bits per heavy atom. The van der Waals surface area contributed by atoms with Gasteiger partial charge in [-0.3, -0.25) is 0 Å². The summed E-state index contributed by atoms with van der Waals surface area (Å²) < 4.78 is 26.7. The summed E-state index contributed by atoms with van der Waals surface area (Å²) in [7, 11) is 1.69. The number of aromatic nitrogens is 2. The molecule has 5 aromatic rings. The molecular weight excluding hydrogens is 581 g/mol. The van der Waals surface area contributed by atoms with Gasteiger partial charge in [0.05, 0.1) is 34.9 Å². The predicted octanol–water partition coefficient (Wildman–Crippen LogP) is 4.02. The first kappa shape index (κ1) is 27.7. The molecule has 0 bridgehead atoms. The van der Waals surface area contributed by atoms with Crippen LogP contribution < -0.4 is 41.2 Å². The van der Waals surface area contributed by atoms with Gasteiger partial charge in [0.25, 0.3) is 0 Å². The molecule has 0 saturated carbocycles. The van der Waals surface area contributed by atoms with Crippen LogP contribution in [0.1, 0.15) is 24.8 Å². The molecule has 0 unspecified atom stereocenters. The molecule has 2 aliphatic heterocycles. The molecule has 41 heavy (non-hydrogen) atoms. The highest BCUT2D eigenvalue weighted by Gasteiger charge is 2.28. The molecular formula is C31H29Cl2N3O4S. The number of aryl methyl sites for hydroxylation is 2. The average molecular weight is 611 g/mol. The molecule has 7 nitrogen and oxygen atoms in total. The molecule has 0 saturated heterocycles. The van der Waals surface area contributed by atoms with Crippen molar-refractivity contribution in [2.75, 3.05) is 32.4 Å². The van der Waals surface area contributed by atoms with Crippen LogP contribution in [0.3, 0.4) is 0 Å². The molecule has 0 atom stereocenters. The van der Waals surface area contributed by atoms with Gasteiger partial charge in [0.2, 0.25) is 12.5 Å². The largest absolute Gasteiger partial charge is 1.00 e. The quantitative estimate of drug-likeness (QED) is 0.201. The van der Waals surface area contributed by atoms with Crippen molar-refractivity contribution in [3.8, 4) is 34.3 Å². The lowest BCUT2D eigenvalue weighted by molar-refractivity contribution is -0.686. The number of unbranched alkanes of at least 4 members (excludes halogenated alkanes) is 2. The molecule has 0 fully saturated rings. The van der Waals surface area contributed by atoms with Gasteiger partial charge in [0.15, 0.2) is 40.9 Å². The molecule has 1 N–H and O–H groups in total. The maximum atomic E-state index is 6.36. The SMILES string of the molecule is COc1ccc2cc3[n+](cc2c1OCCCCCNc1nc2ccc(Cl)cc2s1)CCc1cc2c(cc1-3)OCO2.[Cl-]. The molecule has 212 valence electrons. The summed E-state index contributed by atoms with van der Waals surface area (Å²) in [5, 5.41) is 7.29. The second-order valence-corrected chi connectivity index (χ2v) is 11.5. The van der Waals surface area contributed by atoms with Gasteiger partial charge in [0.1, 0.15) is 0 Å². The fourth-order valence-corrected chi connectivity index (χ4v) is 6.62. The van der Waals surface area contributed by atoms with Crippen molar-refractivity contribution < 1.29 is 35.9 Å². The second kappa shape index (κ2) is 11.8. The van der Waals surface area contributed by atoms with E-state index in [9.17, 15) is 0 Å². The van der Waals surface area contributed by atoms with Gasteiger partial charge in [0, 0.05) is 24.1 Å². The van der Waals surface area contributed by atoms with E-state index in [0.29, 0.717) is 6.61 Å². The van der Waals surface area contributed by atoms with E-state index >= 15 is 0 Å². The Bertz CT molecular complexity index is 1740. The topological polar surface area (TPSA) is 65.7 Å². The van der Waals surface area contributed by atoms with E-state index in [0.717, 1.165) is 92.9 Å². The van der Waals surface area contributed by atoms with Crippen molar-refractivity contribution >= 4 is 49.1 Å². The smallest absolute Gasteiger partial charge is 0.231 e. The van der Waals surface area contributed by atoms with Crippen LogP contribution in [0.2, 0.25) is 5.02 Å². The highest BCUT2D eigenvalue weighted by Crippen LogP contribution is 2.41. The lowest BCUT2D eigenvalue weighted by Crippen LogP contribution is -3.00. The Balaban J connectivity index is 0.00000302. The lowest BCUT2D eigenvalue weighted by atomic mass is 9.95. The molecule has 0 radical (unpaired) electrons. The van der Waals surface area contributed by atoms with Crippen LogP contribution in [0, 0.1) is 0 Å². The molecule has 7 rings (SSSR count). The number of hydrogen-bond acceptors (Lipinski definition) is 7. The maximum Gasteiger partial charge on any atom is 0.231 e. The van der Waals surface area contributed by atoms with Gasteiger partial charge in [-0.15, -0.1) is 0 Å². The van der Waals surface area contributed by atoms with E-state index in [1.807, 2.05) is 24.3 Å². The summed E-state index contributed by atoms with van der Waals surface area (Å²) in [5.74, 6) is 3.21. The number of halogens is 2. The summed E-state index contributed by atoms with van der Waals surface area (Å²) in [6, 6.07) is 16.4. The number of anilines is 1. The van der Waals surface area contributed by atoms with Gasteiger partial charge in [-0.2, -0.15) is 4.57 Å². The number of rotatable bonds is 9. The Morgan fingerprint density at radius 3 is 2.80 bits per heavy atom. The van der Waals surface area contributed by atoms with Crippen molar-refractivity contribution in [2.24, 2.45) is 0 Å². The van der Waals surface area contributed by atoms with Gasteiger partial charge < -0.3 is 36.7 Å². The van der Waals surface area contributed by atoms with Crippen molar-refractivity contribution in [3.63, 3.8) is 0 Å². The Morgan fingerprint density at radius 2 is 1.93 bits per heavy atom. The number of fused-ring (bicyclic) bond motifs is 6. The molecule has 0 spiro atoms. The molecule has 0 amide bonds. The van der Waals surface area contributed by atoms with Crippen molar-refractivity contribution in [1.29, 1.82) is 0 Å². The van der Waals surface area contributed by atoms with Gasteiger partial charge >= 0.3 is 0 Å². The summed E-state index contributed by atoms with van der Waals surface area (Å²) in [4.78, 5) is 4.63. The van der Waals surface area contributed by atoms with E-state index in [2.05, 4.69) is 45.3 Å². The Hall–Kier alpha value is -3.46. The third-order valence-corrected chi connectivity index (χ3v) is 8.70. The van der Waals surface area contributed by atoms with Gasteiger partial charge in [-0.25, -0.2) is 4.98 Å². The highest BCUT2D eigenvalue weighted by molar-refractivity contribution is 7.22. The third-order valence-electron chi connectivity index (χ3n) is 7.49. The van der Waals surface area contributed by atoms with Crippen LogP contribution in [0.15, 0.2) is 54.7 Å². The summed E-state index contributed by atoms with van der Waals surface area (Å²) in [6.07, 6.45) is 6.18. The van der Waals surface area contributed by atoms with E-state index in [1.54, 1.807) is 18.4 Å². The summed E-state index contributed by atoms with van der Waals surface area (Å²) in [5.41, 5.74) is 4.63. The molecule has 2 aliphatic rings. The number of benzene rings is 3. The number of nitrogens with one attached hydrogen (secondary N) is 1. The average Bonchev–Trinajstić information content (AvgIpc) is 3.60. The zero-order chi connectivity index (χ0) is 27.1. The monoisotopic (exact) mass is 609 g/mol. The first-order valence-corrected chi connectivity index (χ1v) is 14.8. The van der Waals surface area contributed by atoms with Gasteiger partial charge in [-0.05, 0) is 72.7 Å². The Labute approximate surface area is 253 Å². The van der Waals surface area contributed by atoms with Crippen molar-refractivity contribution in [3.05, 3.63) is 65.3 Å². The molecule has 4 heterocycles. The number of methoxy groups -OCH3 is 1. The van der Waals surface area contributed by atoms with Crippen LogP contribution in [-0.4, -0.2) is 32.0 Å². The molecule has 2 aromatic heterocycles. The predicted molar refractivity (Wildman–Crippen MR) is 158 cm³/mol. The first-order valence-electron chi connectivity index (χ1n) is 13.6. The standard InChI is InChI=1S/C31H29ClN3O4S.ClH/c1-36-26-8-5-19-13-25-22-16-28-27(38-18-39-28)14-20(22)9-11-35(25)17-23(19)30(26)37-12-4-2-3-10-33-31-34-24-7-6-21(32)15-29(24)40-31;/h5-8,13-17H,2-4,9-12,18H2,1H3,(H,33,34);1H/q+1;/p-1. The van der Waals surface area contributed by atoms with E-state index in [-0.39, 0.29) is 19.2 Å². The van der Waals surface area contributed by atoms with Crippen LogP contribution in [0.5, 0.6) is 23.0 Å². The minimum Gasteiger partial charge on any atom is -1.00 e. The zero-order valence-electron chi connectivity index (χ0n) is 22.5. The van der Waals surface area contributed by atoms with Crippen LogP contribution in [-0.2, 0) is 13.0 Å². The second-order valence-electron chi connectivity index (χ2n) is 10.0. The first-order chi connectivity index (χ1) is 19.7. The number of hydrogen-bond donors (Lipinski definition) is 1. The number of thiazole rings is 1. The minimum absolute atomic E-state index is 0. The number of nitrogens with zero attached hydrogens (tertiary/aromatic N) is 2. The van der Waals surface area contributed by atoms with Crippen molar-refractivity contribution in [2.45, 2.75) is 32.2 Å². The molecule has 3 aromatic carbocycles. The molecule has 0 aliphatic carbocycles. The van der Waals surface area contributed by atoms with E-state index in [1.165, 1.54) is 16.8 Å². The lowest BCUT2D eigenvalue weighted by Gasteiger charge is -2.18. The fourth-order valence-electron chi connectivity index (χ4n) is 5.45.